The van der Waals surface area contributed by atoms with Gasteiger partial charge >= 0.3 is 5.97 Å². The van der Waals surface area contributed by atoms with Gasteiger partial charge in [0.1, 0.15) is 5.82 Å². The van der Waals surface area contributed by atoms with Gasteiger partial charge in [-0.25, -0.2) is 9.97 Å². The highest BCUT2D eigenvalue weighted by molar-refractivity contribution is 5.76. The number of aryl methyl sites for hydroxylation is 2. The van der Waals surface area contributed by atoms with E-state index in [2.05, 4.69) is 28.5 Å². The molecule has 2 unspecified atom stereocenters. The Labute approximate surface area is 195 Å². The molecule has 3 N–H and O–H groups in total. The van der Waals surface area contributed by atoms with E-state index in [1.54, 1.807) is 0 Å². The lowest BCUT2D eigenvalue weighted by Crippen LogP contribution is -2.20. The van der Waals surface area contributed by atoms with Gasteiger partial charge < -0.3 is 10.4 Å². The zero-order valence-corrected chi connectivity index (χ0v) is 19.3. The van der Waals surface area contributed by atoms with E-state index in [4.69, 9.17) is 4.98 Å². The van der Waals surface area contributed by atoms with E-state index in [0.717, 1.165) is 67.4 Å². The van der Waals surface area contributed by atoms with Gasteiger partial charge in [0.25, 0.3) is 0 Å². The van der Waals surface area contributed by atoms with Crippen LogP contribution in [0.4, 0.5) is 5.82 Å². The predicted octanol–water partition coefficient (Wildman–Crippen LogP) is 5.33. The smallest absolute Gasteiger partial charge is 0.303 e. The Morgan fingerprint density at radius 1 is 1.18 bits per heavy atom. The summed E-state index contributed by atoms with van der Waals surface area (Å²) in [5.74, 6) is 1.14. The van der Waals surface area contributed by atoms with Gasteiger partial charge in [-0.1, -0.05) is 37.5 Å². The molecule has 0 saturated heterocycles. The fraction of sp³-hybridized carbons (Fsp3) is 0.464. The van der Waals surface area contributed by atoms with Crippen molar-refractivity contribution in [1.82, 2.24) is 4.98 Å². The number of nitrogens with zero attached hydrogens (tertiary/aromatic N) is 1. The molecule has 33 heavy (non-hydrogen) atoms. The first-order valence-corrected chi connectivity index (χ1v) is 12.5. The first-order valence-electron chi connectivity index (χ1n) is 12.5. The SMILES string of the molecule is O=C(O)CC(CCCCC1CCc2cc3c(nc2C1)NCCC3)c1c[nH+]c2ccccc2c1. The number of fused-ring (bicyclic) bond motifs is 3. The number of aromatic amines is 1. The zero-order chi connectivity index (χ0) is 22.6. The fourth-order valence-electron chi connectivity index (χ4n) is 5.64. The number of unbranched alkanes of at least 4 members (excludes halogenated alkanes) is 1. The largest absolute Gasteiger partial charge is 0.481 e. The minimum Gasteiger partial charge on any atom is -0.481 e. The van der Waals surface area contributed by atoms with Gasteiger partial charge in [0.15, 0.2) is 6.20 Å². The average molecular weight is 445 g/mol. The van der Waals surface area contributed by atoms with Crippen LogP contribution in [0.1, 0.15) is 73.2 Å². The minimum absolute atomic E-state index is 0.0506. The number of pyridine rings is 2. The first-order chi connectivity index (χ1) is 16.2. The number of rotatable bonds is 8. The molecule has 1 aromatic carbocycles. The Bertz CT molecular complexity index is 1140. The summed E-state index contributed by atoms with van der Waals surface area (Å²) in [5, 5.41) is 14.1. The molecule has 0 amide bonds. The van der Waals surface area contributed by atoms with Crippen LogP contribution in [0.5, 0.6) is 0 Å². The maximum absolute atomic E-state index is 11.5. The fourth-order valence-corrected chi connectivity index (χ4v) is 5.64. The summed E-state index contributed by atoms with van der Waals surface area (Å²) in [5.41, 5.74) is 6.34. The molecular formula is C28H34N3O2+. The summed E-state index contributed by atoms with van der Waals surface area (Å²) in [6, 6.07) is 12.7. The molecule has 0 saturated carbocycles. The van der Waals surface area contributed by atoms with E-state index in [1.165, 1.54) is 36.1 Å². The Kier molecular flexibility index (Phi) is 6.56. The van der Waals surface area contributed by atoms with E-state index in [-0.39, 0.29) is 12.3 Å². The highest BCUT2D eigenvalue weighted by Crippen LogP contribution is 2.33. The lowest BCUT2D eigenvalue weighted by atomic mass is 9.82. The van der Waals surface area contributed by atoms with Gasteiger partial charge in [-0.05, 0) is 67.7 Å². The molecule has 0 radical (unpaired) electrons. The zero-order valence-electron chi connectivity index (χ0n) is 19.3. The van der Waals surface area contributed by atoms with Gasteiger partial charge in [0.05, 0.1) is 6.42 Å². The standard InChI is InChI=1S/C28H33N3O2/c32-27(33)17-20(24-16-21-8-3-4-10-25(21)30-18-24)7-2-1-6-19-11-12-22-15-23-9-5-13-29-28(23)31-26(22)14-19/h3-4,8,10,15-16,18-20H,1-2,5-7,9,11-14,17H2,(H,29,31)(H,32,33)/p+1. The van der Waals surface area contributed by atoms with Gasteiger partial charge in [-0.15, -0.1) is 0 Å². The molecule has 5 heteroatoms. The summed E-state index contributed by atoms with van der Waals surface area (Å²) < 4.78 is 0. The van der Waals surface area contributed by atoms with Crippen molar-refractivity contribution < 1.29 is 14.9 Å². The van der Waals surface area contributed by atoms with Crippen LogP contribution in [0.25, 0.3) is 10.9 Å². The van der Waals surface area contributed by atoms with Crippen LogP contribution in [-0.4, -0.2) is 22.6 Å². The van der Waals surface area contributed by atoms with Crippen molar-refractivity contribution in [2.45, 2.75) is 70.1 Å². The van der Waals surface area contributed by atoms with Crippen molar-refractivity contribution in [1.29, 1.82) is 0 Å². The number of carbonyl (C=O) groups is 1. The maximum atomic E-state index is 11.5. The number of carboxylic acid groups (broad SMARTS) is 1. The van der Waals surface area contributed by atoms with Gasteiger partial charge in [0.2, 0.25) is 5.52 Å². The number of H-pyrrole nitrogens is 1. The maximum Gasteiger partial charge on any atom is 0.303 e. The Hall–Kier alpha value is -2.95. The number of hydrogen-bond donors (Lipinski definition) is 2. The number of hydrogen-bond acceptors (Lipinski definition) is 3. The van der Waals surface area contributed by atoms with Crippen LogP contribution in [0.15, 0.2) is 42.6 Å². The molecule has 2 aliphatic rings. The quantitative estimate of drug-likeness (QED) is 0.460. The van der Waals surface area contributed by atoms with Crippen LogP contribution in [0.2, 0.25) is 0 Å². The van der Waals surface area contributed by atoms with Crippen molar-refractivity contribution >= 4 is 22.7 Å². The van der Waals surface area contributed by atoms with Gasteiger partial charge in [0, 0.05) is 35.2 Å². The number of carboxylic acids is 1. The summed E-state index contributed by atoms with van der Waals surface area (Å²) in [6.45, 7) is 1.04. The average Bonchev–Trinajstić information content (AvgIpc) is 2.84. The number of nitrogens with one attached hydrogen (secondary N) is 2. The monoisotopic (exact) mass is 444 g/mol. The summed E-state index contributed by atoms with van der Waals surface area (Å²) >= 11 is 0. The third-order valence-electron chi connectivity index (χ3n) is 7.47. The van der Waals surface area contributed by atoms with Crippen molar-refractivity contribution in [2.75, 3.05) is 11.9 Å². The first kappa shape index (κ1) is 21.9. The molecule has 3 aromatic rings. The number of aromatic nitrogens is 2. The molecule has 5 rings (SSSR count). The summed E-state index contributed by atoms with van der Waals surface area (Å²) in [6.07, 6.45) is 12.3. The second-order valence-electron chi connectivity index (χ2n) is 9.84. The van der Waals surface area contributed by atoms with E-state index in [9.17, 15) is 9.90 Å². The molecule has 3 heterocycles. The normalized spacial score (nSPS) is 18.2. The lowest BCUT2D eigenvalue weighted by molar-refractivity contribution is -0.345. The van der Waals surface area contributed by atoms with Gasteiger partial charge in [-0.3, -0.25) is 4.79 Å². The Morgan fingerprint density at radius 3 is 3.00 bits per heavy atom. The van der Waals surface area contributed by atoms with Crippen molar-refractivity contribution in [3.63, 3.8) is 0 Å². The lowest BCUT2D eigenvalue weighted by Gasteiger charge is -2.27. The second-order valence-corrected chi connectivity index (χ2v) is 9.84. The molecule has 172 valence electrons. The predicted molar refractivity (Wildman–Crippen MR) is 131 cm³/mol. The minimum atomic E-state index is -0.722. The number of benzene rings is 1. The summed E-state index contributed by atoms with van der Waals surface area (Å²) in [7, 11) is 0. The van der Waals surface area contributed by atoms with Crippen LogP contribution >= 0.6 is 0 Å². The second kappa shape index (κ2) is 9.90. The topological polar surface area (TPSA) is 76.4 Å². The molecule has 5 nitrogen and oxygen atoms in total. The number of anilines is 1. The molecule has 0 fully saturated rings. The molecule has 0 bridgehead atoms. The highest BCUT2D eigenvalue weighted by atomic mass is 16.4. The molecular weight excluding hydrogens is 410 g/mol. The molecule has 2 atom stereocenters. The molecule has 2 aromatic heterocycles. The van der Waals surface area contributed by atoms with Crippen LogP contribution in [0, 0.1) is 5.92 Å². The van der Waals surface area contributed by atoms with Crippen molar-refractivity contribution in [3.8, 4) is 0 Å². The molecule has 0 spiro atoms. The van der Waals surface area contributed by atoms with Crippen LogP contribution < -0.4 is 10.3 Å². The molecule has 1 aliphatic heterocycles. The van der Waals surface area contributed by atoms with Gasteiger partial charge in [-0.2, -0.15) is 0 Å². The van der Waals surface area contributed by atoms with Crippen molar-refractivity contribution in [3.05, 3.63) is 65.0 Å². The van der Waals surface area contributed by atoms with Crippen LogP contribution in [0.3, 0.4) is 0 Å². The van der Waals surface area contributed by atoms with E-state index in [1.807, 2.05) is 24.4 Å². The Morgan fingerprint density at radius 2 is 2.09 bits per heavy atom. The summed E-state index contributed by atoms with van der Waals surface area (Å²) in [4.78, 5) is 19.8. The van der Waals surface area contributed by atoms with E-state index >= 15 is 0 Å². The van der Waals surface area contributed by atoms with E-state index in [0.29, 0.717) is 5.92 Å². The number of para-hydroxylation sites is 1. The highest BCUT2D eigenvalue weighted by Gasteiger charge is 2.23. The number of aliphatic carboxylic acids is 1. The third-order valence-corrected chi connectivity index (χ3v) is 7.47. The molecule has 1 aliphatic carbocycles. The third kappa shape index (κ3) is 5.18. The van der Waals surface area contributed by atoms with Crippen molar-refractivity contribution in [2.24, 2.45) is 5.92 Å². The van der Waals surface area contributed by atoms with Crippen LogP contribution in [-0.2, 0) is 24.1 Å². The Balaban J connectivity index is 1.17. The van der Waals surface area contributed by atoms with E-state index < -0.39 is 5.97 Å².